The average Bonchev–Trinajstić information content (AvgIpc) is 2.61. The Morgan fingerprint density at radius 3 is 2.61 bits per heavy atom. The van der Waals surface area contributed by atoms with E-state index >= 15 is 0 Å². The van der Waals surface area contributed by atoms with Gasteiger partial charge in [0, 0.05) is 19.9 Å². The molecule has 0 amide bonds. The molecular formula is C10H19N3O3S2. The van der Waals surface area contributed by atoms with Crippen LogP contribution in [0.5, 0.6) is 0 Å². The highest BCUT2D eigenvalue weighted by atomic mass is 32.2. The summed E-state index contributed by atoms with van der Waals surface area (Å²) in [5.41, 5.74) is 5.66. The first kappa shape index (κ1) is 15.2. The highest BCUT2D eigenvalue weighted by molar-refractivity contribution is 7.91. The van der Waals surface area contributed by atoms with Crippen LogP contribution in [0.2, 0.25) is 0 Å². The number of nitrogens with zero attached hydrogens (tertiary/aromatic N) is 2. The van der Waals surface area contributed by atoms with Crippen LogP contribution in [-0.2, 0) is 14.6 Å². The third-order valence-corrected chi connectivity index (χ3v) is 4.74. The molecule has 6 nitrogen and oxygen atoms in total. The molecule has 0 aromatic carbocycles. The molecule has 1 aromatic rings. The first-order valence-electron chi connectivity index (χ1n) is 5.53. The van der Waals surface area contributed by atoms with Crippen molar-refractivity contribution in [1.82, 2.24) is 4.37 Å². The highest BCUT2D eigenvalue weighted by Gasteiger charge is 2.26. The lowest BCUT2D eigenvalue weighted by atomic mass is 10.3. The maximum atomic E-state index is 11.8. The van der Waals surface area contributed by atoms with Gasteiger partial charge in [0.2, 0.25) is 0 Å². The maximum absolute atomic E-state index is 11.8. The van der Waals surface area contributed by atoms with Crippen LogP contribution in [0.25, 0.3) is 0 Å². The number of nitrogen functional groups attached to an aromatic ring is 1. The van der Waals surface area contributed by atoms with Crippen molar-refractivity contribution in [2.45, 2.75) is 24.8 Å². The van der Waals surface area contributed by atoms with Crippen molar-refractivity contribution in [3.8, 4) is 0 Å². The Morgan fingerprint density at radius 1 is 1.56 bits per heavy atom. The minimum atomic E-state index is -3.38. The second-order valence-electron chi connectivity index (χ2n) is 4.06. The minimum absolute atomic E-state index is 0.0559. The molecular weight excluding hydrogens is 274 g/mol. The summed E-state index contributed by atoms with van der Waals surface area (Å²) < 4.78 is 32.6. The fourth-order valence-electron chi connectivity index (χ4n) is 1.80. The Bertz CT molecular complexity index is 498. The van der Waals surface area contributed by atoms with Crippen LogP contribution >= 0.6 is 11.5 Å². The van der Waals surface area contributed by atoms with Gasteiger partial charge in [0.25, 0.3) is 0 Å². The van der Waals surface area contributed by atoms with Crippen molar-refractivity contribution in [3.63, 3.8) is 0 Å². The molecule has 0 aliphatic heterocycles. The van der Waals surface area contributed by atoms with E-state index in [1.165, 1.54) is 0 Å². The predicted molar refractivity (Wildman–Crippen MR) is 74.0 cm³/mol. The summed E-state index contributed by atoms with van der Waals surface area (Å²) in [6, 6.07) is 0.0559. The van der Waals surface area contributed by atoms with Crippen molar-refractivity contribution in [3.05, 3.63) is 0 Å². The molecule has 0 fully saturated rings. The van der Waals surface area contributed by atoms with Gasteiger partial charge in [-0.3, -0.25) is 0 Å². The van der Waals surface area contributed by atoms with Crippen molar-refractivity contribution in [2.24, 2.45) is 0 Å². The zero-order chi connectivity index (χ0) is 13.9. The predicted octanol–water partition coefficient (Wildman–Crippen LogP) is 0.990. The molecule has 1 unspecified atom stereocenters. The van der Waals surface area contributed by atoms with Crippen LogP contribution in [0.1, 0.15) is 13.8 Å². The lowest BCUT2D eigenvalue weighted by molar-refractivity contribution is 0.182. The summed E-state index contributed by atoms with van der Waals surface area (Å²) in [7, 11) is -1.77. The Hall–Kier alpha value is -0.860. The van der Waals surface area contributed by atoms with Gasteiger partial charge in [-0.05, 0) is 25.4 Å². The smallest absolute Gasteiger partial charge is 0.182 e. The number of hydrogen-bond acceptors (Lipinski definition) is 7. The summed E-state index contributed by atoms with van der Waals surface area (Å²) in [6.45, 7) is 5.09. The Labute approximate surface area is 112 Å². The molecule has 0 aliphatic rings. The number of likely N-dealkylation sites (N-methyl/N-ethyl adjacent to an activating group) is 1. The Balaban J connectivity index is 3.23. The van der Waals surface area contributed by atoms with Crippen LogP contribution < -0.4 is 10.6 Å². The number of hydrogen-bond donors (Lipinski definition) is 1. The standard InChI is InChI=1S/C10H19N3O3S2/c1-5-13(7(2)6-16-3)10-8(18(4,14)15)9(11)12-17-10/h7H,5-6H2,1-4H3,(H2,11,12). The number of aromatic nitrogens is 1. The van der Waals surface area contributed by atoms with Gasteiger partial charge in [-0.25, -0.2) is 8.42 Å². The van der Waals surface area contributed by atoms with Gasteiger partial charge >= 0.3 is 0 Å². The average molecular weight is 293 g/mol. The molecule has 0 saturated carbocycles. The largest absolute Gasteiger partial charge is 0.383 e. The van der Waals surface area contributed by atoms with E-state index in [2.05, 4.69) is 4.37 Å². The van der Waals surface area contributed by atoms with E-state index in [0.717, 1.165) is 17.8 Å². The van der Waals surface area contributed by atoms with Gasteiger partial charge in [-0.1, -0.05) is 0 Å². The third kappa shape index (κ3) is 3.12. The van der Waals surface area contributed by atoms with Gasteiger partial charge in [0.1, 0.15) is 9.90 Å². The number of anilines is 2. The molecule has 0 spiro atoms. The second kappa shape index (κ2) is 5.85. The summed E-state index contributed by atoms with van der Waals surface area (Å²) >= 11 is 1.11. The van der Waals surface area contributed by atoms with Crippen LogP contribution in [-0.4, -0.2) is 45.4 Å². The third-order valence-electron chi connectivity index (χ3n) is 2.57. The zero-order valence-corrected chi connectivity index (χ0v) is 12.6. The van der Waals surface area contributed by atoms with E-state index < -0.39 is 9.84 Å². The monoisotopic (exact) mass is 293 g/mol. The SMILES string of the molecule is CCN(c1snc(N)c1S(C)(=O)=O)C(C)COC. The van der Waals surface area contributed by atoms with E-state index in [4.69, 9.17) is 10.5 Å². The van der Waals surface area contributed by atoms with E-state index in [9.17, 15) is 8.42 Å². The lowest BCUT2D eigenvalue weighted by Crippen LogP contribution is -2.36. The summed E-state index contributed by atoms with van der Waals surface area (Å²) in [4.78, 5) is 2.06. The lowest BCUT2D eigenvalue weighted by Gasteiger charge is -2.28. The molecule has 1 heterocycles. The summed E-state index contributed by atoms with van der Waals surface area (Å²) in [6.07, 6.45) is 1.14. The van der Waals surface area contributed by atoms with E-state index in [0.29, 0.717) is 18.2 Å². The molecule has 1 aromatic heterocycles. The van der Waals surface area contributed by atoms with Crippen LogP contribution in [0.3, 0.4) is 0 Å². The first-order chi connectivity index (χ1) is 8.32. The molecule has 2 N–H and O–H groups in total. The quantitative estimate of drug-likeness (QED) is 0.842. The zero-order valence-electron chi connectivity index (χ0n) is 11.0. The Kier molecular flexibility index (Phi) is 4.94. The number of sulfone groups is 1. The molecule has 18 heavy (non-hydrogen) atoms. The number of ether oxygens (including phenoxy) is 1. The highest BCUT2D eigenvalue weighted by Crippen LogP contribution is 2.35. The van der Waals surface area contributed by atoms with E-state index in [-0.39, 0.29) is 16.8 Å². The normalized spacial score (nSPS) is 13.6. The van der Waals surface area contributed by atoms with Gasteiger partial charge in [-0.2, -0.15) is 4.37 Å². The molecule has 8 heteroatoms. The molecule has 0 bridgehead atoms. The molecule has 104 valence electrons. The second-order valence-corrected chi connectivity index (χ2v) is 6.77. The van der Waals surface area contributed by atoms with Gasteiger partial charge in [0.05, 0.1) is 12.6 Å². The topological polar surface area (TPSA) is 85.5 Å². The van der Waals surface area contributed by atoms with Crippen molar-refractivity contribution in [2.75, 3.05) is 37.2 Å². The van der Waals surface area contributed by atoms with Crippen LogP contribution in [0.15, 0.2) is 4.90 Å². The molecule has 1 rings (SSSR count). The van der Waals surface area contributed by atoms with E-state index in [1.54, 1.807) is 7.11 Å². The van der Waals surface area contributed by atoms with Gasteiger partial charge in [0.15, 0.2) is 15.7 Å². The number of rotatable bonds is 6. The molecule has 0 saturated heterocycles. The first-order valence-corrected chi connectivity index (χ1v) is 8.20. The van der Waals surface area contributed by atoms with Crippen molar-refractivity contribution < 1.29 is 13.2 Å². The maximum Gasteiger partial charge on any atom is 0.182 e. The van der Waals surface area contributed by atoms with Crippen LogP contribution in [0, 0.1) is 0 Å². The molecule has 1 atom stereocenters. The van der Waals surface area contributed by atoms with Crippen molar-refractivity contribution in [1.29, 1.82) is 0 Å². The van der Waals surface area contributed by atoms with Crippen molar-refractivity contribution >= 4 is 32.2 Å². The van der Waals surface area contributed by atoms with Crippen LogP contribution in [0.4, 0.5) is 10.8 Å². The summed E-state index contributed by atoms with van der Waals surface area (Å²) in [5, 5.41) is 0.585. The fraction of sp³-hybridized carbons (Fsp3) is 0.700. The fourth-order valence-corrected chi connectivity index (χ4v) is 4.16. The van der Waals surface area contributed by atoms with Gasteiger partial charge < -0.3 is 15.4 Å². The van der Waals surface area contributed by atoms with E-state index in [1.807, 2.05) is 18.7 Å². The molecule has 0 aliphatic carbocycles. The Morgan fingerprint density at radius 2 is 2.17 bits per heavy atom. The summed E-state index contributed by atoms with van der Waals surface area (Å²) in [5.74, 6) is 0.0700. The minimum Gasteiger partial charge on any atom is -0.383 e. The number of nitrogens with two attached hydrogens (primary N) is 1. The van der Waals surface area contributed by atoms with Gasteiger partial charge in [-0.15, -0.1) is 0 Å². The molecule has 0 radical (unpaired) electrons. The number of methoxy groups -OCH3 is 1.